The maximum absolute atomic E-state index is 12.2. The molecular formula is C17H30ClIN4O3S. The zero-order chi connectivity index (χ0) is 19.6. The Balaban J connectivity index is 0.00000676. The molecule has 0 aliphatic heterocycles. The first kappa shape index (κ1) is 26.2. The van der Waals surface area contributed by atoms with E-state index in [1.165, 1.54) is 4.31 Å². The normalized spacial score (nSPS) is 11.9. The highest BCUT2D eigenvalue weighted by molar-refractivity contribution is 14.0. The Kier molecular flexibility index (Phi) is 13.0. The van der Waals surface area contributed by atoms with Gasteiger partial charge in [0.05, 0.1) is 12.3 Å². The molecule has 1 aromatic carbocycles. The highest BCUT2D eigenvalue weighted by atomic mass is 127. The van der Waals surface area contributed by atoms with Gasteiger partial charge in [-0.05, 0) is 18.2 Å². The fourth-order valence-corrected chi connectivity index (χ4v) is 3.97. The predicted molar refractivity (Wildman–Crippen MR) is 123 cm³/mol. The molecule has 0 saturated carbocycles. The van der Waals surface area contributed by atoms with Gasteiger partial charge in [0.25, 0.3) is 0 Å². The summed E-state index contributed by atoms with van der Waals surface area (Å²) in [4.78, 5) is 6.06. The Morgan fingerprint density at radius 3 is 2.52 bits per heavy atom. The number of hydrogen-bond acceptors (Lipinski definition) is 4. The highest BCUT2D eigenvalue weighted by Gasteiger charge is 2.18. The van der Waals surface area contributed by atoms with Crippen molar-refractivity contribution in [2.75, 3.05) is 52.6 Å². The van der Waals surface area contributed by atoms with E-state index in [4.69, 9.17) is 16.3 Å². The second kappa shape index (κ2) is 13.4. The number of sulfonamides is 1. The minimum absolute atomic E-state index is 0. The van der Waals surface area contributed by atoms with Crippen molar-refractivity contribution in [2.45, 2.75) is 13.8 Å². The van der Waals surface area contributed by atoms with E-state index in [2.05, 4.69) is 10.3 Å². The van der Waals surface area contributed by atoms with Crippen molar-refractivity contribution in [1.82, 2.24) is 14.5 Å². The van der Waals surface area contributed by atoms with Crippen LogP contribution in [0.1, 0.15) is 13.8 Å². The van der Waals surface area contributed by atoms with Crippen LogP contribution in [0.4, 0.5) is 0 Å². The van der Waals surface area contributed by atoms with Crippen LogP contribution < -0.4 is 10.1 Å². The van der Waals surface area contributed by atoms with Crippen LogP contribution in [-0.4, -0.2) is 76.2 Å². The quantitative estimate of drug-likeness (QED) is 0.285. The van der Waals surface area contributed by atoms with Crippen molar-refractivity contribution >= 4 is 51.6 Å². The molecule has 0 fully saturated rings. The van der Waals surface area contributed by atoms with E-state index in [1.807, 2.05) is 37.9 Å². The van der Waals surface area contributed by atoms with Gasteiger partial charge in [0, 0.05) is 38.8 Å². The first-order valence-electron chi connectivity index (χ1n) is 8.62. The number of hydrogen-bond donors (Lipinski definition) is 1. The van der Waals surface area contributed by atoms with Gasteiger partial charge in [-0.25, -0.2) is 12.7 Å². The van der Waals surface area contributed by atoms with Crippen molar-refractivity contribution in [3.63, 3.8) is 0 Å². The summed E-state index contributed by atoms with van der Waals surface area (Å²) in [6.07, 6.45) is 0. The summed E-state index contributed by atoms with van der Waals surface area (Å²) < 4.78 is 31.5. The fraction of sp³-hybridized carbons (Fsp3) is 0.588. The molecular weight excluding hydrogens is 503 g/mol. The molecule has 0 aromatic heterocycles. The minimum atomic E-state index is -3.25. The summed E-state index contributed by atoms with van der Waals surface area (Å²) in [6.45, 7) is 5.97. The number of halogens is 2. The Labute approximate surface area is 185 Å². The van der Waals surface area contributed by atoms with Gasteiger partial charge in [-0.3, -0.25) is 4.99 Å². The van der Waals surface area contributed by atoms with Crippen LogP contribution in [0.2, 0.25) is 5.02 Å². The van der Waals surface area contributed by atoms with Crippen molar-refractivity contribution < 1.29 is 13.2 Å². The molecule has 0 heterocycles. The van der Waals surface area contributed by atoms with Gasteiger partial charge in [-0.1, -0.05) is 31.5 Å². The molecule has 0 bridgehead atoms. The van der Waals surface area contributed by atoms with E-state index < -0.39 is 10.0 Å². The summed E-state index contributed by atoms with van der Waals surface area (Å²) in [5, 5.41) is 3.71. The molecule has 0 saturated heterocycles. The molecule has 0 aliphatic rings. The molecule has 156 valence electrons. The summed E-state index contributed by atoms with van der Waals surface area (Å²) in [5.74, 6) is 1.36. The smallest absolute Gasteiger partial charge is 0.215 e. The molecule has 10 heteroatoms. The Hall–Kier alpha value is -0.780. The molecule has 0 radical (unpaired) electrons. The predicted octanol–water partition coefficient (Wildman–Crippen LogP) is 2.52. The van der Waals surface area contributed by atoms with Crippen LogP contribution in [0.15, 0.2) is 29.3 Å². The molecule has 0 amide bonds. The lowest BCUT2D eigenvalue weighted by molar-refractivity contribution is 0.281. The number of aliphatic imine (C=N–C) groups is 1. The van der Waals surface area contributed by atoms with Crippen molar-refractivity contribution in [1.29, 1.82) is 0 Å². The van der Waals surface area contributed by atoms with Crippen LogP contribution in [0.25, 0.3) is 0 Å². The summed E-state index contributed by atoms with van der Waals surface area (Å²) in [5.41, 5.74) is 0. The van der Waals surface area contributed by atoms with Crippen LogP contribution in [0.3, 0.4) is 0 Å². The number of nitrogens with zero attached hydrogens (tertiary/aromatic N) is 3. The summed E-state index contributed by atoms with van der Waals surface area (Å²) in [6, 6.07) is 7.22. The zero-order valence-corrected chi connectivity index (χ0v) is 20.2. The molecule has 0 spiro atoms. The fourth-order valence-electron chi connectivity index (χ4n) is 2.39. The molecule has 1 rings (SSSR count). The molecule has 27 heavy (non-hydrogen) atoms. The largest absolute Gasteiger partial charge is 0.492 e. The molecule has 1 aromatic rings. The summed E-state index contributed by atoms with van der Waals surface area (Å²) >= 11 is 5.92. The van der Waals surface area contributed by atoms with Gasteiger partial charge in [0.2, 0.25) is 10.0 Å². The number of nitrogens with one attached hydrogen (secondary N) is 1. The van der Waals surface area contributed by atoms with E-state index in [9.17, 15) is 8.42 Å². The Bertz CT molecular complexity index is 685. The van der Waals surface area contributed by atoms with E-state index in [1.54, 1.807) is 19.2 Å². The molecule has 0 atom stereocenters. The second-order valence-electron chi connectivity index (χ2n) is 5.60. The second-order valence-corrected chi connectivity index (χ2v) is 8.13. The molecule has 0 aliphatic carbocycles. The maximum atomic E-state index is 12.2. The van der Waals surface area contributed by atoms with Gasteiger partial charge in [-0.2, -0.15) is 0 Å². The zero-order valence-electron chi connectivity index (χ0n) is 16.3. The first-order chi connectivity index (χ1) is 12.3. The van der Waals surface area contributed by atoms with Crippen molar-refractivity contribution in [3.8, 4) is 5.75 Å². The van der Waals surface area contributed by atoms with Crippen molar-refractivity contribution in [2.24, 2.45) is 4.99 Å². The number of ether oxygens (including phenoxy) is 1. The Morgan fingerprint density at radius 2 is 1.96 bits per heavy atom. The lowest BCUT2D eigenvalue weighted by Crippen LogP contribution is -2.44. The number of rotatable bonds is 10. The topological polar surface area (TPSA) is 74.2 Å². The maximum Gasteiger partial charge on any atom is 0.215 e. The van der Waals surface area contributed by atoms with Gasteiger partial charge >= 0.3 is 0 Å². The molecule has 1 N–H and O–H groups in total. The third kappa shape index (κ3) is 9.31. The van der Waals surface area contributed by atoms with Crippen LogP contribution >= 0.6 is 35.6 Å². The van der Waals surface area contributed by atoms with Crippen molar-refractivity contribution in [3.05, 3.63) is 29.3 Å². The third-order valence-corrected chi connectivity index (χ3v) is 6.07. The Morgan fingerprint density at radius 1 is 1.30 bits per heavy atom. The summed E-state index contributed by atoms with van der Waals surface area (Å²) in [7, 11) is 0.284. The minimum Gasteiger partial charge on any atom is -0.492 e. The SMILES string of the molecule is CCN(CC)S(=O)(=O)CCNC(=NC)N(C)CCOc1cccc(Cl)c1.I. The van der Waals surface area contributed by atoms with Crippen LogP contribution in [0, 0.1) is 0 Å². The van der Waals surface area contributed by atoms with E-state index >= 15 is 0 Å². The van der Waals surface area contributed by atoms with Crippen LogP contribution in [0.5, 0.6) is 5.75 Å². The first-order valence-corrected chi connectivity index (χ1v) is 10.6. The average Bonchev–Trinajstić information content (AvgIpc) is 2.59. The van der Waals surface area contributed by atoms with Crippen LogP contribution in [-0.2, 0) is 10.0 Å². The molecule has 0 unspecified atom stereocenters. The highest BCUT2D eigenvalue weighted by Crippen LogP contribution is 2.16. The third-order valence-electron chi connectivity index (χ3n) is 3.81. The van der Waals surface area contributed by atoms with E-state index in [-0.39, 0.29) is 29.7 Å². The van der Waals surface area contributed by atoms with Gasteiger partial charge in [-0.15, -0.1) is 24.0 Å². The lowest BCUT2D eigenvalue weighted by atomic mass is 10.3. The van der Waals surface area contributed by atoms with E-state index in [0.717, 1.165) is 0 Å². The number of benzene rings is 1. The van der Waals surface area contributed by atoms with Gasteiger partial charge < -0.3 is 15.0 Å². The lowest BCUT2D eigenvalue weighted by Gasteiger charge is -2.23. The van der Waals surface area contributed by atoms with Gasteiger partial charge in [0.1, 0.15) is 12.4 Å². The monoisotopic (exact) mass is 532 g/mol. The number of likely N-dealkylation sites (N-methyl/N-ethyl adjacent to an activating group) is 1. The van der Waals surface area contributed by atoms with E-state index in [0.29, 0.717) is 49.5 Å². The molecule has 7 nitrogen and oxygen atoms in total. The average molecular weight is 533 g/mol. The van der Waals surface area contributed by atoms with Gasteiger partial charge in [0.15, 0.2) is 5.96 Å². The standard InChI is InChI=1S/C17H29ClN4O3S.HI/c1-5-22(6-2)26(23,24)13-10-20-17(19-3)21(4)11-12-25-16-9-7-8-15(18)14-16;/h7-9,14H,5-6,10-13H2,1-4H3,(H,19,20);1H. The number of guanidine groups is 1.